The Morgan fingerprint density at radius 2 is 1.94 bits per heavy atom. The van der Waals surface area contributed by atoms with Crippen LogP contribution in [0, 0.1) is 11.3 Å². The van der Waals surface area contributed by atoms with E-state index in [1.165, 1.54) is 19.3 Å². The summed E-state index contributed by atoms with van der Waals surface area (Å²) >= 11 is 0. The van der Waals surface area contributed by atoms with Gasteiger partial charge in [-0.2, -0.15) is 0 Å². The predicted molar refractivity (Wildman–Crippen MR) is 75.4 cm³/mol. The molecule has 0 radical (unpaired) electrons. The first-order valence-corrected chi connectivity index (χ1v) is 7.66. The topological polar surface area (TPSA) is 49.5 Å². The molecule has 18 heavy (non-hydrogen) atoms. The van der Waals surface area contributed by atoms with Crippen molar-refractivity contribution < 1.29 is 5.11 Å². The average Bonchev–Trinajstić information content (AvgIpc) is 2.42. The molecule has 106 valence electrons. The smallest absolute Gasteiger partial charge is 0.0740 e. The molecular weight excluding hydrogens is 224 g/mol. The van der Waals surface area contributed by atoms with Crippen molar-refractivity contribution in [3.05, 3.63) is 0 Å². The first-order chi connectivity index (χ1) is 8.55. The molecule has 3 heteroatoms. The van der Waals surface area contributed by atoms with Crippen molar-refractivity contribution in [1.29, 1.82) is 0 Å². The third-order valence-corrected chi connectivity index (χ3v) is 5.72. The van der Waals surface area contributed by atoms with Crippen LogP contribution in [0.2, 0.25) is 0 Å². The van der Waals surface area contributed by atoms with Crippen molar-refractivity contribution in [2.24, 2.45) is 17.1 Å². The van der Waals surface area contributed by atoms with Crippen LogP contribution in [0.15, 0.2) is 0 Å². The zero-order valence-electron chi connectivity index (χ0n) is 12.1. The Bertz CT molecular complexity index is 274. The molecule has 3 nitrogen and oxygen atoms in total. The molecule has 0 amide bonds. The molecule has 1 saturated heterocycles. The van der Waals surface area contributed by atoms with E-state index in [0.717, 1.165) is 44.7 Å². The summed E-state index contributed by atoms with van der Waals surface area (Å²) in [5, 5.41) is 11.2. The number of nitrogens with zero attached hydrogens (tertiary/aromatic N) is 1. The Morgan fingerprint density at radius 3 is 2.50 bits per heavy atom. The summed E-state index contributed by atoms with van der Waals surface area (Å²) in [6.45, 7) is 4.95. The van der Waals surface area contributed by atoms with Gasteiger partial charge in [0.1, 0.15) is 0 Å². The second-order valence-electron chi connectivity index (χ2n) is 6.69. The monoisotopic (exact) mass is 254 g/mol. The second-order valence-corrected chi connectivity index (χ2v) is 6.69. The van der Waals surface area contributed by atoms with Crippen LogP contribution in [0.25, 0.3) is 0 Å². The maximum Gasteiger partial charge on any atom is 0.0740 e. The third kappa shape index (κ3) is 2.45. The minimum absolute atomic E-state index is 0.00676. The van der Waals surface area contributed by atoms with Gasteiger partial charge in [-0.05, 0) is 38.6 Å². The maximum atomic E-state index is 11.2. The molecule has 2 fully saturated rings. The molecule has 1 saturated carbocycles. The Hall–Kier alpha value is -0.120. The van der Waals surface area contributed by atoms with E-state index in [9.17, 15) is 5.11 Å². The lowest BCUT2D eigenvalue weighted by Gasteiger charge is -2.53. The summed E-state index contributed by atoms with van der Waals surface area (Å²) in [6, 6.07) is 0. The molecule has 2 unspecified atom stereocenters. The largest absolute Gasteiger partial charge is 0.389 e. The number of hydrogen-bond acceptors (Lipinski definition) is 3. The highest BCUT2D eigenvalue weighted by Crippen LogP contribution is 2.50. The van der Waals surface area contributed by atoms with E-state index in [1.54, 1.807) is 0 Å². The van der Waals surface area contributed by atoms with Crippen LogP contribution < -0.4 is 5.73 Å². The number of piperidine rings is 1. The molecule has 2 aliphatic rings. The molecule has 3 N–H and O–H groups in total. The molecule has 0 bridgehead atoms. The van der Waals surface area contributed by atoms with Gasteiger partial charge in [0, 0.05) is 25.0 Å². The average molecular weight is 254 g/mol. The molecule has 1 aliphatic heterocycles. The Labute approximate surface area is 112 Å². The first-order valence-electron chi connectivity index (χ1n) is 7.66. The van der Waals surface area contributed by atoms with Gasteiger partial charge in [0.2, 0.25) is 0 Å². The minimum atomic E-state index is -0.512. The van der Waals surface area contributed by atoms with E-state index in [4.69, 9.17) is 5.73 Å². The lowest BCUT2D eigenvalue weighted by Crippen LogP contribution is -2.59. The Kier molecular flexibility index (Phi) is 4.35. The SMILES string of the molecule is CCC1CCCC(CN)(C2(O)CCN(C)CC2)C1. The first kappa shape index (κ1) is 14.3. The van der Waals surface area contributed by atoms with Crippen LogP contribution in [-0.2, 0) is 0 Å². The minimum Gasteiger partial charge on any atom is -0.389 e. The number of hydrogen-bond donors (Lipinski definition) is 2. The van der Waals surface area contributed by atoms with E-state index >= 15 is 0 Å². The van der Waals surface area contributed by atoms with Crippen LogP contribution in [-0.4, -0.2) is 42.3 Å². The van der Waals surface area contributed by atoms with Crippen LogP contribution >= 0.6 is 0 Å². The van der Waals surface area contributed by atoms with Crippen molar-refractivity contribution in [3.63, 3.8) is 0 Å². The highest BCUT2D eigenvalue weighted by atomic mass is 16.3. The summed E-state index contributed by atoms with van der Waals surface area (Å²) in [5.74, 6) is 0.769. The van der Waals surface area contributed by atoms with Crippen molar-refractivity contribution in [2.75, 3.05) is 26.7 Å². The van der Waals surface area contributed by atoms with Gasteiger partial charge in [-0.3, -0.25) is 0 Å². The van der Waals surface area contributed by atoms with Gasteiger partial charge in [0.05, 0.1) is 5.60 Å². The van der Waals surface area contributed by atoms with Crippen molar-refractivity contribution in [1.82, 2.24) is 4.90 Å². The van der Waals surface area contributed by atoms with Crippen molar-refractivity contribution in [3.8, 4) is 0 Å². The number of likely N-dealkylation sites (tertiary alicyclic amines) is 1. The molecule has 0 spiro atoms. The quantitative estimate of drug-likeness (QED) is 0.810. The second kappa shape index (κ2) is 5.48. The van der Waals surface area contributed by atoms with E-state index in [-0.39, 0.29) is 5.41 Å². The molecule has 0 aromatic carbocycles. The van der Waals surface area contributed by atoms with Crippen LogP contribution in [0.3, 0.4) is 0 Å². The van der Waals surface area contributed by atoms with Crippen LogP contribution in [0.1, 0.15) is 51.9 Å². The van der Waals surface area contributed by atoms with Gasteiger partial charge in [-0.1, -0.05) is 26.2 Å². The summed E-state index contributed by atoms with van der Waals surface area (Å²) in [7, 11) is 2.14. The summed E-state index contributed by atoms with van der Waals surface area (Å²) in [6.07, 6.45) is 7.87. The molecule has 0 aromatic rings. The zero-order chi connectivity index (χ0) is 13.2. The fraction of sp³-hybridized carbons (Fsp3) is 1.00. The highest BCUT2D eigenvalue weighted by Gasteiger charge is 2.51. The van der Waals surface area contributed by atoms with Gasteiger partial charge in [-0.25, -0.2) is 0 Å². The highest BCUT2D eigenvalue weighted by molar-refractivity contribution is 5.04. The van der Waals surface area contributed by atoms with Gasteiger partial charge in [0.15, 0.2) is 0 Å². The molecule has 1 heterocycles. The lowest BCUT2D eigenvalue weighted by atomic mass is 9.57. The molecule has 2 rings (SSSR count). The summed E-state index contributed by atoms with van der Waals surface area (Å²) in [4.78, 5) is 2.32. The number of nitrogens with two attached hydrogens (primary N) is 1. The van der Waals surface area contributed by atoms with E-state index in [2.05, 4.69) is 18.9 Å². The molecular formula is C15H30N2O. The van der Waals surface area contributed by atoms with E-state index < -0.39 is 5.60 Å². The zero-order valence-corrected chi connectivity index (χ0v) is 12.1. The fourth-order valence-electron chi connectivity index (χ4n) is 4.15. The fourth-order valence-corrected chi connectivity index (χ4v) is 4.15. The van der Waals surface area contributed by atoms with Crippen LogP contribution in [0.5, 0.6) is 0 Å². The Balaban J connectivity index is 2.15. The summed E-state index contributed by atoms with van der Waals surface area (Å²) in [5.41, 5.74) is 5.61. The normalized spacial score (nSPS) is 37.7. The van der Waals surface area contributed by atoms with Crippen LogP contribution in [0.4, 0.5) is 0 Å². The number of aliphatic hydroxyl groups is 1. The Morgan fingerprint density at radius 1 is 1.28 bits per heavy atom. The summed E-state index contributed by atoms with van der Waals surface area (Å²) < 4.78 is 0. The predicted octanol–water partition coefficient (Wildman–Crippen LogP) is 1.99. The lowest BCUT2D eigenvalue weighted by molar-refractivity contribution is -0.137. The maximum absolute atomic E-state index is 11.2. The van der Waals surface area contributed by atoms with Gasteiger partial charge in [-0.15, -0.1) is 0 Å². The standard InChI is InChI=1S/C15H30N2O/c1-3-13-5-4-6-14(11-13,12-16)15(18)7-9-17(2)10-8-15/h13,18H,3-12,16H2,1-2H3. The third-order valence-electron chi connectivity index (χ3n) is 5.72. The van der Waals surface area contributed by atoms with Crippen molar-refractivity contribution in [2.45, 2.75) is 57.5 Å². The van der Waals surface area contributed by atoms with Gasteiger partial charge < -0.3 is 15.7 Å². The molecule has 1 aliphatic carbocycles. The van der Waals surface area contributed by atoms with E-state index in [1.807, 2.05) is 0 Å². The molecule has 2 atom stereocenters. The van der Waals surface area contributed by atoms with Crippen molar-refractivity contribution >= 4 is 0 Å². The molecule has 0 aromatic heterocycles. The van der Waals surface area contributed by atoms with Gasteiger partial charge in [0.25, 0.3) is 0 Å². The number of rotatable bonds is 3. The van der Waals surface area contributed by atoms with Gasteiger partial charge >= 0.3 is 0 Å². The van der Waals surface area contributed by atoms with E-state index in [0.29, 0.717) is 6.54 Å².